The Bertz CT molecular complexity index is 370. The van der Waals surface area contributed by atoms with E-state index in [4.69, 9.17) is 11.6 Å². The Morgan fingerprint density at radius 1 is 1.62 bits per heavy atom. The van der Waals surface area contributed by atoms with Crippen LogP contribution in [0.2, 0.25) is 4.34 Å². The molecule has 13 heavy (non-hydrogen) atoms. The molecular formula is C7H7ClN4S. The van der Waals surface area contributed by atoms with Crippen LogP contribution in [-0.4, -0.2) is 19.1 Å². The number of rotatable bonds is 2. The normalized spacial score (nSPS) is 10.6. The molecule has 0 aliphatic carbocycles. The molecule has 0 N–H and O–H groups in total. The minimum atomic E-state index is 0.640. The first-order valence-electron chi connectivity index (χ1n) is 3.72. The lowest BCUT2D eigenvalue weighted by molar-refractivity contribution is 0.738. The summed E-state index contributed by atoms with van der Waals surface area (Å²) in [6.07, 6.45) is 3.65. The van der Waals surface area contributed by atoms with Gasteiger partial charge in [0.1, 0.15) is 15.9 Å². The van der Waals surface area contributed by atoms with Gasteiger partial charge in [0.2, 0.25) is 0 Å². The lowest BCUT2D eigenvalue weighted by atomic mass is 10.5. The van der Waals surface area contributed by atoms with Crippen molar-refractivity contribution in [3.05, 3.63) is 28.2 Å². The third kappa shape index (κ3) is 1.71. The standard InChI is InChI=1S/C7H7ClN4S/c1-5-9-2-3-12(5)4-6-7(8)13-11-10-6/h2-3H,4H2,1H3. The lowest BCUT2D eigenvalue weighted by Crippen LogP contribution is -2.01. The highest BCUT2D eigenvalue weighted by Gasteiger charge is 2.06. The largest absolute Gasteiger partial charge is 0.329 e. The Hall–Kier alpha value is -0.940. The summed E-state index contributed by atoms with van der Waals surface area (Å²) in [5.41, 5.74) is 0.799. The number of imidazole rings is 1. The SMILES string of the molecule is Cc1nccn1Cc1nnsc1Cl. The van der Waals surface area contributed by atoms with Crippen LogP contribution in [0.1, 0.15) is 11.5 Å². The van der Waals surface area contributed by atoms with Gasteiger partial charge in [-0.1, -0.05) is 16.1 Å². The van der Waals surface area contributed by atoms with Gasteiger partial charge in [0.05, 0.1) is 6.54 Å². The monoisotopic (exact) mass is 214 g/mol. The molecule has 0 bridgehead atoms. The van der Waals surface area contributed by atoms with Crippen LogP contribution in [0, 0.1) is 6.92 Å². The maximum absolute atomic E-state index is 5.87. The molecule has 0 spiro atoms. The maximum atomic E-state index is 5.87. The zero-order chi connectivity index (χ0) is 9.26. The van der Waals surface area contributed by atoms with Gasteiger partial charge < -0.3 is 4.57 Å². The van der Waals surface area contributed by atoms with Crippen LogP contribution in [0.5, 0.6) is 0 Å². The molecule has 2 rings (SSSR count). The average molecular weight is 215 g/mol. The third-order valence-electron chi connectivity index (χ3n) is 1.75. The van der Waals surface area contributed by atoms with Gasteiger partial charge in [0.15, 0.2) is 0 Å². The second kappa shape index (κ2) is 3.43. The number of hydrogen-bond donors (Lipinski definition) is 0. The Kier molecular flexibility index (Phi) is 2.28. The van der Waals surface area contributed by atoms with Crippen molar-refractivity contribution in [3.8, 4) is 0 Å². The van der Waals surface area contributed by atoms with E-state index < -0.39 is 0 Å². The molecule has 2 aromatic heterocycles. The zero-order valence-electron chi connectivity index (χ0n) is 6.94. The first-order chi connectivity index (χ1) is 6.27. The van der Waals surface area contributed by atoms with Crippen LogP contribution in [0.25, 0.3) is 0 Å². The summed E-state index contributed by atoms with van der Waals surface area (Å²) in [5, 5.41) is 3.92. The van der Waals surface area contributed by atoms with Crippen LogP contribution >= 0.6 is 23.1 Å². The maximum Gasteiger partial charge on any atom is 0.139 e. The predicted molar refractivity (Wildman–Crippen MR) is 51.0 cm³/mol. The molecule has 0 amide bonds. The van der Waals surface area contributed by atoms with Crippen molar-refractivity contribution in [3.63, 3.8) is 0 Å². The Morgan fingerprint density at radius 3 is 3.00 bits per heavy atom. The molecule has 0 aliphatic heterocycles. The summed E-state index contributed by atoms with van der Waals surface area (Å²) in [4.78, 5) is 4.10. The van der Waals surface area contributed by atoms with Gasteiger partial charge in [-0.3, -0.25) is 0 Å². The van der Waals surface area contributed by atoms with Crippen LogP contribution < -0.4 is 0 Å². The number of aromatic nitrogens is 4. The topological polar surface area (TPSA) is 43.6 Å². The van der Waals surface area contributed by atoms with Crippen molar-refractivity contribution in [1.82, 2.24) is 19.1 Å². The van der Waals surface area contributed by atoms with Crippen LogP contribution in [0.15, 0.2) is 12.4 Å². The minimum absolute atomic E-state index is 0.640. The quantitative estimate of drug-likeness (QED) is 0.765. The van der Waals surface area contributed by atoms with E-state index in [2.05, 4.69) is 14.6 Å². The number of aryl methyl sites for hydroxylation is 1. The molecule has 0 unspecified atom stereocenters. The van der Waals surface area contributed by atoms with Gasteiger partial charge in [0.25, 0.3) is 0 Å². The summed E-state index contributed by atoms with van der Waals surface area (Å²) >= 11 is 7.07. The van der Waals surface area contributed by atoms with Crippen molar-refractivity contribution < 1.29 is 0 Å². The number of nitrogens with zero attached hydrogens (tertiary/aromatic N) is 4. The first kappa shape index (κ1) is 8.65. The van der Waals surface area contributed by atoms with Crippen molar-refractivity contribution in [1.29, 1.82) is 0 Å². The van der Waals surface area contributed by atoms with E-state index >= 15 is 0 Å². The number of halogens is 1. The molecule has 2 heterocycles. The molecule has 0 atom stereocenters. The second-order valence-electron chi connectivity index (χ2n) is 2.60. The average Bonchev–Trinajstić information content (AvgIpc) is 2.65. The first-order valence-corrected chi connectivity index (χ1v) is 4.87. The van der Waals surface area contributed by atoms with E-state index in [0.717, 1.165) is 11.5 Å². The summed E-state index contributed by atoms with van der Waals surface area (Å²) in [6.45, 7) is 2.58. The van der Waals surface area contributed by atoms with E-state index in [1.54, 1.807) is 6.20 Å². The molecule has 0 saturated carbocycles. The predicted octanol–water partition coefficient (Wildman–Crippen LogP) is 1.74. The summed E-state index contributed by atoms with van der Waals surface area (Å²) in [5.74, 6) is 0.948. The van der Waals surface area contributed by atoms with Gasteiger partial charge in [-0.25, -0.2) is 4.98 Å². The molecule has 0 radical (unpaired) electrons. The third-order valence-corrected chi connectivity index (χ3v) is 2.74. The molecule has 4 nitrogen and oxygen atoms in total. The van der Waals surface area contributed by atoms with Gasteiger partial charge in [-0.15, -0.1) is 5.10 Å². The Labute approximate surface area is 84.3 Å². The molecular weight excluding hydrogens is 208 g/mol. The van der Waals surface area contributed by atoms with E-state index in [1.165, 1.54) is 11.5 Å². The molecule has 2 aromatic rings. The van der Waals surface area contributed by atoms with Crippen LogP contribution in [0.3, 0.4) is 0 Å². The van der Waals surface area contributed by atoms with E-state index in [-0.39, 0.29) is 0 Å². The van der Waals surface area contributed by atoms with Crippen LogP contribution in [0.4, 0.5) is 0 Å². The van der Waals surface area contributed by atoms with E-state index in [1.807, 2.05) is 17.7 Å². The van der Waals surface area contributed by atoms with Gasteiger partial charge in [-0.05, 0) is 6.92 Å². The van der Waals surface area contributed by atoms with Gasteiger partial charge in [0, 0.05) is 23.9 Å². The molecule has 0 aromatic carbocycles. The fourth-order valence-corrected chi connectivity index (χ4v) is 1.64. The lowest BCUT2D eigenvalue weighted by Gasteiger charge is -2.00. The van der Waals surface area contributed by atoms with E-state index in [0.29, 0.717) is 10.9 Å². The van der Waals surface area contributed by atoms with E-state index in [9.17, 15) is 0 Å². The Balaban J connectivity index is 2.24. The highest BCUT2D eigenvalue weighted by molar-refractivity contribution is 7.10. The van der Waals surface area contributed by atoms with Crippen LogP contribution in [-0.2, 0) is 6.54 Å². The van der Waals surface area contributed by atoms with Crippen molar-refractivity contribution in [2.45, 2.75) is 13.5 Å². The van der Waals surface area contributed by atoms with Gasteiger partial charge in [-0.2, -0.15) is 0 Å². The minimum Gasteiger partial charge on any atom is -0.329 e. The van der Waals surface area contributed by atoms with Crippen molar-refractivity contribution in [2.24, 2.45) is 0 Å². The van der Waals surface area contributed by atoms with Crippen molar-refractivity contribution in [2.75, 3.05) is 0 Å². The smallest absolute Gasteiger partial charge is 0.139 e. The molecule has 0 aliphatic rings. The zero-order valence-corrected chi connectivity index (χ0v) is 8.51. The second-order valence-corrected chi connectivity index (χ2v) is 3.95. The van der Waals surface area contributed by atoms with Gasteiger partial charge >= 0.3 is 0 Å². The fraction of sp³-hybridized carbons (Fsp3) is 0.286. The molecule has 68 valence electrons. The van der Waals surface area contributed by atoms with Crippen molar-refractivity contribution >= 4 is 23.1 Å². The molecule has 0 saturated heterocycles. The highest BCUT2D eigenvalue weighted by atomic mass is 35.5. The fourth-order valence-electron chi connectivity index (χ4n) is 1.02. The summed E-state index contributed by atoms with van der Waals surface area (Å²) < 4.78 is 6.38. The Morgan fingerprint density at radius 2 is 2.46 bits per heavy atom. The molecule has 0 fully saturated rings. The highest BCUT2D eigenvalue weighted by Crippen LogP contribution is 2.18. The summed E-state index contributed by atoms with van der Waals surface area (Å²) in [6, 6.07) is 0. The summed E-state index contributed by atoms with van der Waals surface area (Å²) in [7, 11) is 0. The molecule has 6 heteroatoms. The number of hydrogen-bond acceptors (Lipinski definition) is 4.